The molecule has 0 saturated heterocycles. The molecule has 1 nitrogen and oxygen atoms in total. The van der Waals surface area contributed by atoms with E-state index >= 15 is 0 Å². The summed E-state index contributed by atoms with van der Waals surface area (Å²) in [6.45, 7) is 3.16. The Morgan fingerprint density at radius 2 is 2.29 bits per heavy atom. The van der Waals surface area contributed by atoms with E-state index in [2.05, 4.69) is 33.1 Å². The first kappa shape index (κ1) is 11.2. The summed E-state index contributed by atoms with van der Waals surface area (Å²) in [5.74, 6) is 5.46. The fraction of sp³-hybridized carbons (Fsp3) is 0.273. The molecule has 0 saturated carbocycles. The molecule has 0 heterocycles. The zero-order valence-electron chi connectivity index (χ0n) is 7.90. The zero-order chi connectivity index (χ0) is 10.4. The average molecular weight is 256 g/mol. The van der Waals surface area contributed by atoms with Crippen LogP contribution >= 0.6 is 15.9 Å². The second-order valence-corrected chi connectivity index (χ2v) is 3.63. The lowest BCUT2D eigenvalue weighted by Crippen LogP contribution is -2.13. The molecule has 0 amide bonds. The van der Waals surface area contributed by atoms with E-state index in [4.69, 9.17) is 0 Å². The van der Waals surface area contributed by atoms with Crippen LogP contribution in [0.15, 0.2) is 22.7 Å². The van der Waals surface area contributed by atoms with Crippen LogP contribution < -0.4 is 5.32 Å². The smallest absolute Gasteiger partial charge is 0.137 e. The molecule has 1 rings (SSSR count). The van der Waals surface area contributed by atoms with Gasteiger partial charge in [0.05, 0.1) is 11.0 Å². The molecule has 0 aliphatic heterocycles. The quantitative estimate of drug-likeness (QED) is 0.647. The van der Waals surface area contributed by atoms with Crippen LogP contribution in [0.25, 0.3) is 0 Å². The van der Waals surface area contributed by atoms with Gasteiger partial charge in [-0.15, -0.1) is 5.92 Å². The van der Waals surface area contributed by atoms with Crippen molar-refractivity contribution in [2.45, 2.75) is 13.5 Å². The highest BCUT2D eigenvalue weighted by Crippen LogP contribution is 2.16. The summed E-state index contributed by atoms with van der Waals surface area (Å²) in [6.07, 6.45) is 0. The molecule has 14 heavy (non-hydrogen) atoms. The maximum atomic E-state index is 12.9. The van der Waals surface area contributed by atoms with Gasteiger partial charge in [0.1, 0.15) is 5.82 Å². The number of rotatable bonds is 3. The van der Waals surface area contributed by atoms with Crippen molar-refractivity contribution in [1.29, 1.82) is 0 Å². The van der Waals surface area contributed by atoms with Crippen molar-refractivity contribution in [2.75, 3.05) is 6.54 Å². The van der Waals surface area contributed by atoms with Crippen molar-refractivity contribution in [2.24, 2.45) is 0 Å². The number of nitrogens with one attached hydrogen (secondary N) is 1. The van der Waals surface area contributed by atoms with E-state index in [9.17, 15) is 4.39 Å². The Hall–Kier alpha value is -0.850. The van der Waals surface area contributed by atoms with Gasteiger partial charge in [-0.3, -0.25) is 0 Å². The minimum Gasteiger partial charge on any atom is -0.302 e. The van der Waals surface area contributed by atoms with Crippen LogP contribution in [0.4, 0.5) is 4.39 Å². The predicted octanol–water partition coefficient (Wildman–Crippen LogP) is 2.70. The van der Waals surface area contributed by atoms with Gasteiger partial charge in [-0.1, -0.05) is 12.0 Å². The Bertz CT molecular complexity index is 365. The predicted molar refractivity (Wildman–Crippen MR) is 59.3 cm³/mol. The minimum atomic E-state index is -0.234. The van der Waals surface area contributed by atoms with E-state index in [1.54, 1.807) is 19.1 Å². The maximum absolute atomic E-state index is 12.9. The SMILES string of the molecule is CC#CCNCc1ccc(F)c(Br)c1. The lowest BCUT2D eigenvalue weighted by molar-refractivity contribution is 0.619. The third-order valence-electron chi connectivity index (χ3n) is 1.70. The second-order valence-electron chi connectivity index (χ2n) is 2.78. The Morgan fingerprint density at radius 1 is 1.50 bits per heavy atom. The molecule has 74 valence electrons. The molecular formula is C11H11BrFN. The van der Waals surface area contributed by atoms with Gasteiger partial charge in [-0.2, -0.15) is 0 Å². The summed E-state index contributed by atoms with van der Waals surface area (Å²) in [7, 11) is 0. The van der Waals surface area contributed by atoms with E-state index in [-0.39, 0.29) is 5.82 Å². The molecule has 0 aliphatic rings. The highest BCUT2D eigenvalue weighted by Gasteiger charge is 1.99. The van der Waals surface area contributed by atoms with Gasteiger partial charge in [0.25, 0.3) is 0 Å². The summed E-state index contributed by atoms with van der Waals surface area (Å²) >= 11 is 3.14. The zero-order valence-corrected chi connectivity index (χ0v) is 9.49. The average Bonchev–Trinajstić information content (AvgIpc) is 2.18. The van der Waals surface area contributed by atoms with Gasteiger partial charge in [0.15, 0.2) is 0 Å². The molecule has 0 bridgehead atoms. The summed E-state index contributed by atoms with van der Waals surface area (Å²) in [6, 6.07) is 4.97. The number of hydrogen-bond donors (Lipinski definition) is 1. The molecule has 3 heteroatoms. The third kappa shape index (κ3) is 3.49. The molecule has 0 aliphatic carbocycles. The highest BCUT2D eigenvalue weighted by molar-refractivity contribution is 9.10. The van der Waals surface area contributed by atoms with Crippen LogP contribution in [-0.2, 0) is 6.54 Å². The van der Waals surface area contributed by atoms with Gasteiger partial charge in [0, 0.05) is 6.54 Å². The van der Waals surface area contributed by atoms with Gasteiger partial charge in [0.2, 0.25) is 0 Å². The molecule has 1 N–H and O–H groups in total. The molecule has 0 unspecified atom stereocenters. The number of benzene rings is 1. The number of hydrogen-bond acceptors (Lipinski definition) is 1. The van der Waals surface area contributed by atoms with E-state index in [1.165, 1.54) is 6.07 Å². The first-order chi connectivity index (χ1) is 6.74. The van der Waals surface area contributed by atoms with Crippen molar-refractivity contribution < 1.29 is 4.39 Å². The fourth-order valence-corrected chi connectivity index (χ4v) is 1.43. The van der Waals surface area contributed by atoms with Crippen molar-refractivity contribution in [3.8, 4) is 11.8 Å². The van der Waals surface area contributed by atoms with Gasteiger partial charge >= 0.3 is 0 Å². The first-order valence-electron chi connectivity index (χ1n) is 4.28. The van der Waals surface area contributed by atoms with Crippen molar-refractivity contribution >= 4 is 15.9 Å². The molecule has 0 aromatic heterocycles. The summed E-state index contributed by atoms with van der Waals surface area (Å²) in [5, 5.41) is 3.13. The summed E-state index contributed by atoms with van der Waals surface area (Å²) in [5.41, 5.74) is 1.04. The minimum absolute atomic E-state index is 0.234. The van der Waals surface area contributed by atoms with Crippen LogP contribution in [0.3, 0.4) is 0 Å². The van der Waals surface area contributed by atoms with Gasteiger partial charge < -0.3 is 5.32 Å². The number of halogens is 2. The Kier molecular flexibility index (Phi) is 4.64. The largest absolute Gasteiger partial charge is 0.302 e. The summed E-state index contributed by atoms with van der Waals surface area (Å²) < 4.78 is 13.4. The second kappa shape index (κ2) is 5.79. The van der Waals surface area contributed by atoms with E-state index < -0.39 is 0 Å². The first-order valence-corrected chi connectivity index (χ1v) is 5.07. The van der Waals surface area contributed by atoms with Crippen LogP contribution in [0.5, 0.6) is 0 Å². The normalized spacial score (nSPS) is 9.36. The molecule has 0 spiro atoms. The lowest BCUT2D eigenvalue weighted by atomic mass is 10.2. The fourth-order valence-electron chi connectivity index (χ4n) is 1.01. The highest BCUT2D eigenvalue weighted by atomic mass is 79.9. The van der Waals surface area contributed by atoms with Crippen LogP contribution in [0.1, 0.15) is 12.5 Å². The van der Waals surface area contributed by atoms with Crippen molar-refractivity contribution in [3.05, 3.63) is 34.1 Å². The maximum Gasteiger partial charge on any atom is 0.137 e. The van der Waals surface area contributed by atoms with E-state index in [0.717, 1.165) is 5.56 Å². The van der Waals surface area contributed by atoms with Crippen LogP contribution in [0, 0.1) is 17.7 Å². The summed E-state index contributed by atoms with van der Waals surface area (Å²) in [4.78, 5) is 0. The Morgan fingerprint density at radius 3 is 2.93 bits per heavy atom. The van der Waals surface area contributed by atoms with E-state index in [0.29, 0.717) is 17.6 Å². The van der Waals surface area contributed by atoms with E-state index in [1.807, 2.05) is 0 Å². The van der Waals surface area contributed by atoms with Crippen LogP contribution in [-0.4, -0.2) is 6.54 Å². The monoisotopic (exact) mass is 255 g/mol. The molecule has 0 radical (unpaired) electrons. The van der Waals surface area contributed by atoms with Crippen LogP contribution in [0.2, 0.25) is 0 Å². The molecule has 0 fully saturated rings. The molecule has 1 aromatic rings. The standard InChI is InChI=1S/C11H11BrFN/c1-2-3-6-14-8-9-4-5-11(13)10(12)7-9/h4-5,7,14H,6,8H2,1H3. The van der Waals surface area contributed by atoms with Gasteiger partial charge in [-0.25, -0.2) is 4.39 Å². The lowest BCUT2D eigenvalue weighted by Gasteiger charge is -2.02. The Labute approximate surface area is 91.8 Å². The van der Waals surface area contributed by atoms with Crippen molar-refractivity contribution in [3.63, 3.8) is 0 Å². The third-order valence-corrected chi connectivity index (χ3v) is 2.31. The molecule has 1 aromatic carbocycles. The van der Waals surface area contributed by atoms with Gasteiger partial charge in [-0.05, 0) is 40.5 Å². The topological polar surface area (TPSA) is 12.0 Å². The van der Waals surface area contributed by atoms with Crippen molar-refractivity contribution in [1.82, 2.24) is 5.32 Å². The molecular weight excluding hydrogens is 245 g/mol. The molecule has 0 atom stereocenters. The Balaban J connectivity index is 2.50.